The lowest BCUT2D eigenvalue weighted by molar-refractivity contribution is -0.137. The number of aromatic nitrogens is 3. The summed E-state index contributed by atoms with van der Waals surface area (Å²) in [6.07, 6.45) is -5.04. The van der Waals surface area contributed by atoms with Gasteiger partial charge in [0.05, 0.1) is 16.9 Å². The van der Waals surface area contributed by atoms with E-state index in [0.29, 0.717) is 19.0 Å². The zero-order valence-electron chi connectivity index (χ0n) is 16.7. The Bertz CT molecular complexity index is 1280. The Balaban J connectivity index is 1.56. The molecule has 12 heteroatoms. The third kappa shape index (κ3) is 3.53. The summed E-state index contributed by atoms with van der Waals surface area (Å²) in [5.41, 5.74) is 2.56. The fraction of sp³-hybridized carbons (Fsp3) is 0.333. The van der Waals surface area contributed by atoms with Gasteiger partial charge in [-0.05, 0) is 42.5 Å². The summed E-state index contributed by atoms with van der Waals surface area (Å²) < 4.78 is 82.4. The molecule has 1 aliphatic carbocycles. The van der Waals surface area contributed by atoms with Crippen molar-refractivity contribution in [3.8, 4) is 0 Å². The number of fused-ring (bicyclic) bond motifs is 2. The van der Waals surface area contributed by atoms with E-state index >= 15 is 0 Å². The van der Waals surface area contributed by atoms with Crippen molar-refractivity contribution in [2.45, 2.75) is 31.0 Å². The largest absolute Gasteiger partial charge is 0.417 e. The van der Waals surface area contributed by atoms with Gasteiger partial charge in [-0.15, -0.1) is 0 Å². The lowest BCUT2D eigenvalue weighted by Gasteiger charge is -2.34. The van der Waals surface area contributed by atoms with Crippen molar-refractivity contribution in [1.82, 2.24) is 15.0 Å². The molecule has 5 rings (SSSR count). The minimum atomic E-state index is -4.60. The van der Waals surface area contributed by atoms with Crippen LogP contribution in [0.4, 0.5) is 37.8 Å². The first-order valence-electron chi connectivity index (χ1n) is 9.97. The van der Waals surface area contributed by atoms with Crippen LogP contribution in [0.15, 0.2) is 41.8 Å². The third-order valence-corrected chi connectivity index (χ3v) is 6.08. The Labute approximate surface area is 183 Å². The lowest BCUT2D eigenvalue weighted by atomic mass is 9.82. The number of nitrogens with zero attached hydrogens (tertiary/aromatic N) is 4. The summed E-state index contributed by atoms with van der Waals surface area (Å²) in [6.45, 7) is 0. The quantitative estimate of drug-likeness (QED) is 0.540. The molecule has 2 aromatic heterocycles. The van der Waals surface area contributed by atoms with E-state index in [1.165, 1.54) is 12.1 Å². The molecule has 2 aliphatic rings. The number of halogens is 6. The molecule has 0 saturated heterocycles. The number of hydrogen-bond acceptors (Lipinski definition) is 6. The number of aliphatic imine (C=N–C) groups is 1. The normalized spacial score (nSPS) is 24.5. The maximum absolute atomic E-state index is 14.8. The van der Waals surface area contributed by atoms with Crippen LogP contribution in [-0.2, 0) is 11.7 Å². The van der Waals surface area contributed by atoms with Crippen molar-refractivity contribution in [2.24, 2.45) is 22.6 Å². The molecule has 0 amide bonds. The second-order valence-corrected chi connectivity index (χ2v) is 8.17. The van der Waals surface area contributed by atoms with E-state index in [-0.39, 0.29) is 39.9 Å². The molecule has 0 unspecified atom stereocenters. The van der Waals surface area contributed by atoms with Gasteiger partial charge in [0, 0.05) is 23.9 Å². The summed E-state index contributed by atoms with van der Waals surface area (Å²) >= 11 is 0. The molecule has 1 aliphatic heterocycles. The molecule has 0 bridgehead atoms. The molecule has 3 atom stereocenters. The molecule has 33 heavy (non-hydrogen) atoms. The Morgan fingerprint density at radius 3 is 2.64 bits per heavy atom. The first-order valence-corrected chi connectivity index (χ1v) is 9.97. The molecule has 0 radical (unpaired) electrons. The Kier molecular flexibility index (Phi) is 4.73. The first-order chi connectivity index (χ1) is 15.6. The van der Waals surface area contributed by atoms with Crippen LogP contribution in [0.2, 0.25) is 0 Å². The summed E-state index contributed by atoms with van der Waals surface area (Å²) in [4.78, 5) is 15.6. The van der Waals surface area contributed by atoms with Gasteiger partial charge in [0.25, 0.3) is 6.43 Å². The van der Waals surface area contributed by atoms with Crippen LogP contribution in [0.3, 0.4) is 0 Å². The molecule has 3 N–H and O–H groups in total. The van der Waals surface area contributed by atoms with Crippen LogP contribution in [0.1, 0.15) is 24.0 Å². The highest BCUT2D eigenvalue weighted by molar-refractivity contribution is 5.87. The number of amidine groups is 1. The molecule has 1 aromatic carbocycles. The second-order valence-electron chi connectivity index (χ2n) is 8.17. The number of hydrogen-bond donors (Lipinski definition) is 2. The van der Waals surface area contributed by atoms with E-state index in [1.54, 1.807) is 0 Å². The van der Waals surface area contributed by atoms with E-state index in [4.69, 9.17) is 5.73 Å². The van der Waals surface area contributed by atoms with Crippen LogP contribution >= 0.6 is 0 Å². The van der Waals surface area contributed by atoms with Crippen LogP contribution in [-0.4, -0.2) is 27.2 Å². The summed E-state index contributed by atoms with van der Waals surface area (Å²) in [5.74, 6) is -1.38. The van der Waals surface area contributed by atoms with E-state index < -0.39 is 35.4 Å². The zero-order chi connectivity index (χ0) is 23.5. The van der Waals surface area contributed by atoms with E-state index in [0.717, 1.165) is 18.5 Å². The fourth-order valence-electron chi connectivity index (χ4n) is 4.47. The molecule has 0 spiro atoms. The summed E-state index contributed by atoms with van der Waals surface area (Å²) in [5, 5.41) is 2.82. The molecule has 1 saturated carbocycles. The SMILES string of the molecule is NC1=N[C@@](c2cc(Nc3ncnc4cc(C(F)(F)F)cnc34)ccc2F)(C(F)F)[C@H]2C[C@H]2C1. The highest BCUT2D eigenvalue weighted by Crippen LogP contribution is 2.60. The van der Waals surface area contributed by atoms with Gasteiger partial charge in [-0.3, -0.25) is 9.98 Å². The van der Waals surface area contributed by atoms with Gasteiger partial charge in [0.2, 0.25) is 0 Å². The minimum Gasteiger partial charge on any atom is -0.387 e. The molecule has 172 valence electrons. The topological polar surface area (TPSA) is 89.1 Å². The van der Waals surface area contributed by atoms with Gasteiger partial charge >= 0.3 is 6.18 Å². The maximum Gasteiger partial charge on any atom is 0.417 e. The number of benzene rings is 1. The minimum absolute atomic E-state index is 0.0298. The van der Waals surface area contributed by atoms with Crippen LogP contribution in [0.5, 0.6) is 0 Å². The highest BCUT2D eigenvalue weighted by atomic mass is 19.4. The van der Waals surface area contributed by atoms with Crippen LogP contribution < -0.4 is 11.1 Å². The van der Waals surface area contributed by atoms with E-state index in [1.807, 2.05) is 0 Å². The van der Waals surface area contributed by atoms with Crippen LogP contribution in [0.25, 0.3) is 11.0 Å². The number of pyridine rings is 1. The van der Waals surface area contributed by atoms with Crippen molar-refractivity contribution in [1.29, 1.82) is 0 Å². The Morgan fingerprint density at radius 2 is 1.91 bits per heavy atom. The number of nitrogens with two attached hydrogens (primary N) is 1. The van der Waals surface area contributed by atoms with Gasteiger partial charge in [-0.1, -0.05) is 0 Å². The predicted octanol–water partition coefficient (Wildman–Crippen LogP) is 4.78. The molecule has 3 aromatic rings. The van der Waals surface area contributed by atoms with Gasteiger partial charge < -0.3 is 11.1 Å². The lowest BCUT2D eigenvalue weighted by Crippen LogP contribution is -2.41. The molecule has 3 heterocycles. The summed E-state index contributed by atoms with van der Waals surface area (Å²) in [7, 11) is 0. The Morgan fingerprint density at radius 1 is 1.12 bits per heavy atom. The maximum atomic E-state index is 14.8. The Hall–Kier alpha value is -3.44. The van der Waals surface area contributed by atoms with Crippen molar-refractivity contribution in [3.63, 3.8) is 0 Å². The van der Waals surface area contributed by atoms with E-state index in [9.17, 15) is 26.3 Å². The highest BCUT2D eigenvalue weighted by Gasteiger charge is 2.62. The fourth-order valence-corrected chi connectivity index (χ4v) is 4.47. The van der Waals surface area contributed by atoms with Gasteiger partial charge in [-0.25, -0.2) is 23.1 Å². The van der Waals surface area contributed by atoms with Gasteiger partial charge in [0.15, 0.2) is 11.4 Å². The summed E-state index contributed by atoms with van der Waals surface area (Å²) in [6, 6.07) is 4.36. The van der Waals surface area contributed by atoms with Crippen molar-refractivity contribution < 1.29 is 26.3 Å². The van der Waals surface area contributed by atoms with Crippen molar-refractivity contribution in [3.05, 3.63) is 53.7 Å². The number of alkyl halides is 5. The number of rotatable bonds is 4. The zero-order valence-corrected chi connectivity index (χ0v) is 16.7. The first kappa shape index (κ1) is 21.4. The molecule has 1 fully saturated rings. The average molecular weight is 466 g/mol. The van der Waals surface area contributed by atoms with Crippen molar-refractivity contribution in [2.75, 3.05) is 5.32 Å². The number of anilines is 2. The number of nitrogens with one attached hydrogen (secondary N) is 1. The third-order valence-electron chi connectivity index (χ3n) is 6.08. The standard InChI is InChI=1S/C21H16F6N6/c22-14-2-1-11(6-13(14)20(19(23)24)12-3-9(12)4-16(28)33-20)32-18-17-15(30-8-31-18)5-10(7-29-17)21(25,26)27/h1-2,5-9,12,19H,3-4H2,(H2,28,33)(H,30,31,32)/t9-,12-,20-/m0/s1. The smallest absolute Gasteiger partial charge is 0.387 e. The van der Waals surface area contributed by atoms with Crippen LogP contribution in [0, 0.1) is 17.7 Å². The predicted molar refractivity (Wildman–Crippen MR) is 108 cm³/mol. The van der Waals surface area contributed by atoms with Gasteiger partial charge in [0.1, 0.15) is 17.7 Å². The van der Waals surface area contributed by atoms with E-state index in [2.05, 4.69) is 25.3 Å². The van der Waals surface area contributed by atoms with Gasteiger partial charge in [-0.2, -0.15) is 13.2 Å². The second kappa shape index (κ2) is 7.29. The molecular formula is C21H16F6N6. The van der Waals surface area contributed by atoms with Crippen molar-refractivity contribution >= 4 is 28.4 Å². The average Bonchev–Trinajstić information content (AvgIpc) is 3.53. The molecular weight excluding hydrogens is 450 g/mol. The monoisotopic (exact) mass is 466 g/mol. The molecule has 6 nitrogen and oxygen atoms in total.